The smallest absolute Gasteiger partial charge is 0 e. The van der Waals surface area contributed by atoms with Crippen molar-refractivity contribution in [2.45, 2.75) is 80.1 Å². The Kier molecular flexibility index (Phi) is 70.1. The summed E-state index contributed by atoms with van der Waals surface area (Å²) in [4.78, 5) is 0. The maximum atomic E-state index is 2.18. The summed E-state index contributed by atoms with van der Waals surface area (Å²) < 4.78 is 0. The number of hydrogen-bond donors (Lipinski definition) is 0. The molecule has 0 amide bonds. The van der Waals surface area contributed by atoms with Gasteiger partial charge in [0.1, 0.15) is 0 Å². The first kappa shape index (κ1) is 23.4. The van der Waals surface area contributed by atoms with Gasteiger partial charge in [-0.2, -0.15) is 0 Å². The molecule has 0 unspecified atom stereocenters. The van der Waals surface area contributed by atoms with Gasteiger partial charge in [-0.1, -0.05) is 80.1 Å². The van der Waals surface area contributed by atoms with Crippen molar-refractivity contribution >= 4 is 19.8 Å². The van der Waals surface area contributed by atoms with E-state index < -0.39 is 0 Å². The predicted octanol–water partition coefficient (Wildman–Crippen LogP) is 5.04. The van der Waals surface area contributed by atoms with Gasteiger partial charge in [0, 0.05) is 19.8 Å². The van der Waals surface area contributed by atoms with E-state index in [1.807, 2.05) is 0 Å². The first-order valence-corrected chi connectivity index (χ1v) is 5.74. The van der Waals surface area contributed by atoms with E-state index in [1.54, 1.807) is 0 Å². The van der Waals surface area contributed by atoms with Crippen molar-refractivity contribution in [1.82, 2.24) is 0 Å². The normalized spacial score (nSPS) is 6.92. The average molecular weight is 244 g/mol. The van der Waals surface area contributed by atoms with Crippen LogP contribution in [0.4, 0.5) is 0 Å². The number of hydrogen-bond acceptors (Lipinski definition) is 0. The van der Waals surface area contributed by atoms with Gasteiger partial charge in [-0.3, -0.25) is 0 Å². The van der Waals surface area contributed by atoms with Crippen LogP contribution in [-0.4, -0.2) is 19.8 Å². The van der Waals surface area contributed by atoms with Crippen LogP contribution in [0, 0.1) is 0 Å². The molecule has 0 heterocycles. The summed E-state index contributed by atoms with van der Waals surface area (Å²) in [5.41, 5.74) is 0. The fraction of sp³-hybridized carbons (Fsp3) is 1.00. The molecule has 0 bridgehead atoms. The quantitative estimate of drug-likeness (QED) is 0.610. The van der Waals surface area contributed by atoms with Crippen LogP contribution in [0.3, 0.4) is 0 Å². The molecule has 0 nitrogen and oxygen atoms in total. The van der Waals surface area contributed by atoms with Gasteiger partial charge in [0.25, 0.3) is 0 Å². The molecule has 81 valence electrons. The molecule has 0 saturated heterocycles. The molecule has 3 radical (unpaired) electrons. The van der Waals surface area contributed by atoms with E-state index in [2.05, 4.69) is 41.5 Å². The number of rotatable bonds is 3. The van der Waals surface area contributed by atoms with Gasteiger partial charge in [-0.05, 0) is 0 Å². The number of unbranched alkanes of at least 4 members (excludes halogenated alkanes) is 3. The molecule has 0 N–H and O–H groups in total. The van der Waals surface area contributed by atoms with Crippen LogP contribution in [0.5, 0.6) is 0 Å². The molecule has 0 fully saturated rings. The third-order valence-electron chi connectivity index (χ3n) is 1.50. The standard InChI is InChI=1S/3C4H10.Ga/c3*1-3-4-2;/h3*3-4H2,1-2H3;. The molecule has 0 aliphatic carbocycles. The maximum absolute atomic E-state index is 2.18. The van der Waals surface area contributed by atoms with E-state index >= 15 is 0 Å². The Hall–Kier alpha value is 0.636. The van der Waals surface area contributed by atoms with Crippen molar-refractivity contribution in [3.63, 3.8) is 0 Å². The average Bonchev–Trinajstić information content (AvgIpc) is 2.18. The van der Waals surface area contributed by atoms with E-state index in [4.69, 9.17) is 0 Å². The third-order valence-corrected chi connectivity index (χ3v) is 1.50. The Labute approximate surface area is 99.9 Å². The Morgan fingerprint density at radius 3 is 0.462 bits per heavy atom. The van der Waals surface area contributed by atoms with Crippen LogP contribution in [0.25, 0.3) is 0 Å². The summed E-state index contributed by atoms with van der Waals surface area (Å²) in [7, 11) is 0. The Morgan fingerprint density at radius 1 is 0.385 bits per heavy atom. The van der Waals surface area contributed by atoms with Crippen molar-refractivity contribution in [3.8, 4) is 0 Å². The molecule has 0 atom stereocenters. The van der Waals surface area contributed by atoms with Gasteiger partial charge < -0.3 is 0 Å². The van der Waals surface area contributed by atoms with E-state index in [9.17, 15) is 0 Å². The summed E-state index contributed by atoms with van der Waals surface area (Å²) in [6.45, 7) is 13.1. The van der Waals surface area contributed by atoms with Crippen LogP contribution in [-0.2, 0) is 0 Å². The first-order valence-electron chi connectivity index (χ1n) is 5.74. The summed E-state index contributed by atoms with van der Waals surface area (Å²) in [6.07, 6.45) is 7.92. The van der Waals surface area contributed by atoms with Crippen molar-refractivity contribution in [2.75, 3.05) is 0 Å². The van der Waals surface area contributed by atoms with Gasteiger partial charge in [0.2, 0.25) is 0 Å². The van der Waals surface area contributed by atoms with Crippen LogP contribution in [0.2, 0.25) is 0 Å². The van der Waals surface area contributed by atoms with Crippen molar-refractivity contribution in [3.05, 3.63) is 0 Å². The summed E-state index contributed by atoms with van der Waals surface area (Å²) >= 11 is 0. The molecule has 1 heteroatoms. The molecular weight excluding hydrogens is 214 g/mol. The zero-order valence-electron chi connectivity index (χ0n) is 10.8. The monoisotopic (exact) mass is 243 g/mol. The van der Waals surface area contributed by atoms with Gasteiger partial charge in [-0.15, -0.1) is 0 Å². The zero-order chi connectivity index (χ0) is 10.2. The van der Waals surface area contributed by atoms with Crippen molar-refractivity contribution in [2.24, 2.45) is 0 Å². The van der Waals surface area contributed by atoms with E-state index in [0.717, 1.165) is 0 Å². The second kappa shape index (κ2) is 38.9. The second-order valence-electron chi connectivity index (χ2n) is 3.00. The molecule has 0 spiro atoms. The Bertz CT molecular complexity index is 20.6. The SMILES string of the molecule is CCCC.CCCC.CCCC.[Ga]. The zero-order valence-corrected chi connectivity index (χ0v) is 13.2. The van der Waals surface area contributed by atoms with Gasteiger partial charge in [0.15, 0.2) is 0 Å². The molecule has 0 rings (SSSR count). The predicted molar refractivity (Wildman–Crippen MR) is 67.5 cm³/mol. The summed E-state index contributed by atoms with van der Waals surface area (Å²) in [5, 5.41) is 0. The van der Waals surface area contributed by atoms with E-state index in [0.29, 0.717) is 0 Å². The topological polar surface area (TPSA) is 0 Å². The minimum absolute atomic E-state index is 0. The summed E-state index contributed by atoms with van der Waals surface area (Å²) in [6, 6.07) is 0. The van der Waals surface area contributed by atoms with Crippen LogP contribution in [0.15, 0.2) is 0 Å². The van der Waals surface area contributed by atoms with Gasteiger partial charge in [-0.25, -0.2) is 0 Å². The second-order valence-corrected chi connectivity index (χ2v) is 3.00. The largest absolute Gasteiger partial charge is 0.0654 e. The van der Waals surface area contributed by atoms with Crippen LogP contribution >= 0.6 is 0 Å². The molecule has 0 aromatic rings. The Morgan fingerprint density at radius 2 is 0.462 bits per heavy atom. The Balaban J connectivity index is -0.0000000450. The van der Waals surface area contributed by atoms with E-state index in [-0.39, 0.29) is 19.8 Å². The molecule has 0 aliphatic heterocycles. The fourth-order valence-corrected chi connectivity index (χ4v) is 0. The molecule has 0 aliphatic rings. The molecule has 13 heavy (non-hydrogen) atoms. The maximum Gasteiger partial charge on any atom is 0 e. The van der Waals surface area contributed by atoms with Crippen molar-refractivity contribution in [1.29, 1.82) is 0 Å². The molecule has 0 aromatic carbocycles. The van der Waals surface area contributed by atoms with Gasteiger partial charge in [0.05, 0.1) is 0 Å². The van der Waals surface area contributed by atoms with Crippen LogP contribution in [0.1, 0.15) is 80.1 Å². The fourth-order valence-electron chi connectivity index (χ4n) is 0. The summed E-state index contributed by atoms with van der Waals surface area (Å²) in [5.74, 6) is 0. The minimum Gasteiger partial charge on any atom is -0.0654 e. The first-order chi connectivity index (χ1) is 5.74. The van der Waals surface area contributed by atoms with Gasteiger partial charge >= 0.3 is 0 Å². The molecule has 0 aromatic heterocycles. The van der Waals surface area contributed by atoms with Crippen molar-refractivity contribution < 1.29 is 0 Å². The third kappa shape index (κ3) is 108. The minimum atomic E-state index is 0. The van der Waals surface area contributed by atoms with Crippen LogP contribution < -0.4 is 0 Å². The van der Waals surface area contributed by atoms with E-state index in [1.165, 1.54) is 38.5 Å². The molecular formula is C12H30Ga. The molecule has 0 saturated carbocycles.